The van der Waals surface area contributed by atoms with E-state index < -0.39 is 0 Å². The number of hydrogen-bond donors (Lipinski definition) is 1. The van der Waals surface area contributed by atoms with Gasteiger partial charge in [-0.25, -0.2) is 0 Å². The molecule has 3 heterocycles. The van der Waals surface area contributed by atoms with Crippen LogP contribution in [0.1, 0.15) is 40.1 Å². The Labute approximate surface area is 229 Å². The molecule has 1 atom stereocenters. The van der Waals surface area contributed by atoms with E-state index in [0.717, 1.165) is 61.2 Å². The molecule has 1 saturated heterocycles. The first kappa shape index (κ1) is 28.1. The molecular formula is C29H37ClN4O4. The molecule has 1 fully saturated rings. The molecule has 2 aromatic carbocycles. The summed E-state index contributed by atoms with van der Waals surface area (Å²) in [5.41, 5.74) is 4.88. The van der Waals surface area contributed by atoms with E-state index in [4.69, 9.17) is 16.3 Å². The Balaban J connectivity index is 0.000000786. The smallest absolute Gasteiger partial charge is 0.253 e. The van der Waals surface area contributed by atoms with E-state index in [-0.39, 0.29) is 11.9 Å². The van der Waals surface area contributed by atoms with Crippen molar-refractivity contribution in [2.24, 2.45) is 0 Å². The van der Waals surface area contributed by atoms with Gasteiger partial charge in [-0.15, -0.1) is 0 Å². The van der Waals surface area contributed by atoms with Crippen LogP contribution in [0.2, 0.25) is 5.02 Å². The van der Waals surface area contributed by atoms with Crippen LogP contribution >= 0.6 is 11.6 Å². The third-order valence-corrected chi connectivity index (χ3v) is 7.53. The summed E-state index contributed by atoms with van der Waals surface area (Å²) in [5, 5.41) is 1.81. The highest BCUT2D eigenvalue weighted by atomic mass is 35.5. The number of aromatic nitrogens is 1. The quantitative estimate of drug-likeness (QED) is 0.459. The van der Waals surface area contributed by atoms with Gasteiger partial charge in [0, 0.05) is 87.3 Å². The van der Waals surface area contributed by atoms with E-state index >= 15 is 0 Å². The van der Waals surface area contributed by atoms with Gasteiger partial charge < -0.3 is 24.3 Å². The van der Waals surface area contributed by atoms with Gasteiger partial charge in [-0.3, -0.25) is 14.5 Å². The van der Waals surface area contributed by atoms with Gasteiger partial charge in [-0.05, 0) is 54.8 Å². The highest BCUT2D eigenvalue weighted by molar-refractivity contribution is 6.31. The molecule has 0 radical (unpaired) electrons. The van der Waals surface area contributed by atoms with Crippen LogP contribution in [0.4, 0.5) is 0 Å². The SMILES string of the molecule is CCOC.COCCN1CCN(C(=O)c2ccc(C3c4[nH]c5ccc(Cl)cc5c4CCN3C=O)cc2)CC1. The average molecular weight is 541 g/mol. The molecule has 1 N–H and O–H groups in total. The van der Waals surface area contributed by atoms with Gasteiger partial charge >= 0.3 is 0 Å². The van der Waals surface area contributed by atoms with Crippen molar-refractivity contribution >= 4 is 34.8 Å². The van der Waals surface area contributed by atoms with E-state index in [9.17, 15) is 9.59 Å². The molecule has 0 spiro atoms. The molecule has 2 amide bonds. The lowest BCUT2D eigenvalue weighted by atomic mass is 9.92. The summed E-state index contributed by atoms with van der Waals surface area (Å²) in [6, 6.07) is 13.3. The monoisotopic (exact) mass is 540 g/mol. The molecule has 38 heavy (non-hydrogen) atoms. The fraction of sp³-hybridized carbons (Fsp3) is 0.448. The molecule has 2 aliphatic rings. The number of amides is 2. The minimum absolute atomic E-state index is 0.0507. The topological polar surface area (TPSA) is 78.1 Å². The molecular weight excluding hydrogens is 504 g/mol. The Bertz CT molecular complexity index is 1220. The molecule has 1 unspecified atom stereocenters. The lowest BCUT2D eigenvalue weighted by Crippen LogP contribution is -2.49. The van der Waals surface area contributed by atoms with Crippen molar-refractivity contribution in [2.75, 3.05) is 66.7 Å². The second-order valence-corrected chi connectivity index (χ2v) is 9.97. The molecule has 9 heteroatoms. The lowest BCUT2D eigenvalue weighted by Gasteiger charge is -2.35. The molecule has 0 aliphatic carbocycles. The number of carbonyl (C=O) groups is 2. The Kier molecular flexibility index (Phi) is 9.80. The third-order valence-electron chi connectivity index (χ3n) is 7.29. The number of piperazine rings is 1. The van der Waals surface area contributed by atoms with Crippen LogP contribution < -0.4 is 0 Å². The summed E-state index contributed by atoms with van der Waals surface area (Å²) in [6.45, 7) is 8.16. The molecule has 2 aliphatic heterocycles. The molecule has 5 rings (SSSR count). The maximum absolute atomic E-state index is 13.1. The zero-order valence-corrected chi connectivity index (χ0v) is 23.2. The van der Waals surface area contributed by atoms with E-state index in [1.807, 2.05) is 59.2 Å². The fourth-order valence-corrected chi connectivity index (χ4v) is 5.31. The van der Waals surface area contributed by atoms with Crippen LogP contribution in [0.3, 0.4) is 0 Å². The largest absolute Gasteiger partial charge is 0.385 e. The number of ether oxygens (including phenoxy) is 2. The molecule has 204 valence electrons. The lowest BCUT2D eigenvalue weighted by molar-refractivity contribution is -0.120. The van der Waals surface area contributed by atoms with Gasteiger partial charge in [0.25, 0.3) is 5.91 Å². The van der Waals surface area contributed by atoms with Gasteiger partial charge in [0.05, 0.1) is 12.6 Å². The van der Waals surface area contributed by atoms with Gasteiger partial charge in [0.15, 0.2) is 0 Å². The predicted molar refractivity (Wildman–Crippen MR) is 150 cm³/mol. The second kappa shape index (κ2) is 13.2. The van der Waals surface area contributed by atoms with E-state index in [1.165, 1.54) is 5.56 Å². The highest BCUT2D eigenvalue weighted by Gasteiger charge is 2.31. The van der Waals surface area contributed by atoms with Crippen LogP contribution in [0.5, 0.6) is 0 Å². The molecule has 0 bridgehead atoms. The number of H-pyrrole nitrogens is 1. The maximum atomic E-state index is 13.1. The van der Waals surface area contributed by atoms with Gasteiger partial charge in [0.2, 0.25) is 6.41 Å². The number of hydrogen-bond acceptors (Lipinski definition) is 5. The van der Waals surface area contributed by atoms with Crippen LogP contribution in [0, 0.1) is 0 Å². The first-order valence-electron chi connectivity index (χ1n) is 13.1. The van der Waals surface area contributed by atoms with E-state index in [0.29, 0.717) is 36.8 Å². The second-order valence-electron chi connectivity index (χ2n) is 9.53. The minimum atomic E-state index is -0.221. The van der Waals surface area contributed by atoms with Crippen molar-refractivity contribution < 1.29 is 19.1 Å². The molecule has 1 aromatic heterocycles. The van der Waals surface area contributed by atoms with Crippen LogP contribution in [0.25, 0.3) is 10.9 Å². The van der Waals surface area contributed by atoms with E-state index in [2.05, 4.69) is 14.6 Å². The van der Waals surface area contributed by atoms with Crippen molar-refractivity contribution in [3.05, 3.63) is 69.9 Å². The summed E-state index contributed by atoms with van der Waals surface area (Å²) in [7, 11) is 3.39. The molecule has 8 nitrogen and oxygen atoms in total. The summed E-state index contributed by atoms with van der Waals surface area (Å²) in [4.78, 5) is 34.6. The number of nitrogens with zero attached hydrogens (tertiary/aromatic N) is 3. The number of aromatic amines is 1. The van der Waals surface area contributed by atoms with Gasteiger partial charge in [0.1, 0.15) is 0 Å². The number of nitrogens with one attached hydrogen (secondary N) is 1. The van der Waals surface area contributed by atoms with Crippen molar-refractivity contribution in [3.63, 3.8) is 0 Å². The van der Waals surface area contributed by atoms with Gasteiger partial charge in [-0.1, -0.05) is 23.7 Å². The first-order chi connectivity index (χ1) is 18.5. The number of halogens is 1. The maximum Gasteiger partial charge on any atom is 0.253 e. The van der Waals surface area contributed by atoms with Crippen molar-refractivity contribution in [1.29, 1.82) is 0 Å². The Morgan fingerprint density at radius 3 is 2.39 bits per heavy atom. The van der Waals surface area contributed by atoms with Crippen molar-refractivity contribution in [3.8, 4) is 0 Å². The number of carbonyl (C=O) groups excluding carboxylic acids is 2. The number of rotatable bonds is 7. The highest BCUT2D eigenvalue weighted by Crippen LogP contribution is 2.38. The Morgan fingerprint density at radius 2 is 1.76 bits per heavy atom. The number of benzene rings is 2. The van der Waals surface area contributed by atoms with Crippen LogP contribution in [-0.4, -0.2) is 98.7 Å². The van der Waals surface area contributed by atoms with E-state index in [1.54, 1.807) is 14.2 Å². The average Bonchev–Trinajstić information content (AvgIpc) is 3.33. The summed E-state index contributed by atoms with van der Waals surface area (Å²) in [6.07, 6.45) is 1.69. The predicted octanol–water partition coefficient (Wildman–Crippen LogP) is 3.98. The minimum Gasteiger partial charge on any atom is -0.385 e. The van der Waals surface area contributed by atoms with Crippen LogP contribution in [0.15, 0.2) is 42.5 Å². The number of methoxy groups -OCH3 is 2. The standard InChI is InChI=1S/C26H29ClN4O3.C3H8O/c1-34-15-14-29-10-12-30(13-11-29)26(33)19-4-2-18(3-5-19)25-24-21(8-9-31(25)17-32)22-16-20(27)6-7-23(22)28-24;1-3-4-2/h2-7,16-17,25,28H,8-15H2,1H3;3H2,1-2H3. The van der Waals surface area contributed by atoms with Crippen LogP contribution in [-0.2, 0) is 20.7 Å². The van der Waals surface area contributed by atoms with Gasteiger partial charge in [-0.2, -0.15) is 0 Å². The summed E-state index contributed by atoms with van der Waals surface area (Å²) >= 11 is 6.24. The first-order valence-corrected chi connectivity index (χ1v) is 13.5. The Hall–Kier alpha value is -2.91. The fourth-order valence-electron chi connectivity index (χ4n) is 5.14. The summed E-state index contributed by atoms with van der Waals surface area (Å²) in [5.74, 6) is 0.0507. The Morgan fingerprint density at radius 1 is 1.05 bits per heavy atom. The number of fused-ring (bicyclic) bond motifs is 3. The molecule has 3 aromatic rings. The summed E-state index contributed by atoms with van der Waals surface area (Å²) < 4.78 is 9.70. The zero-order valence-electron chi connectivity index (χ0n) is 22.4. The third kappa shape index (κ3) is 6.21. The van der Waals surface area contributed by atoms with Crippen molar-refractivity contribution in [1.82, 2.24) is 19.7 Å². The normalized spacial score (nSPS) is 17.6. The molecule has 0 saturated carbocycles. The zero-order chi connectivity index (χ0) is 27.1. The van der Waals surface area contributed by atoms with Crippen molar-refractivity contribution in [2.45, 2.75) is 19.4 Å².